The Morgan fingerprint density at radius 3 is 2.72 bits per heavy atom. The summed E-state index contributed by atoms with van der Waals surface area (Å²) in [6, 6.07) is 0. The number of esters is 1. The fourth-order valence-corrected chi connectivity index (χ4v) is 2.23. The average molecular weight is 370 g/mol. The minimum atomic E-state index is -2.69. The van der Waals surface area contributed by atoms with Crippen molar-refractivity contribution < 1.29 is 18.3 Å². The van der Waals surface area contributed by atoms with E-state index in [1.165, 1.54) is 0 Å². The number of carbonyl (C=O) groups excluding carboxylic acids is 1. The van der Waals surface area contributed by atoms with E-state index >= 15 is 0 Å². The van der Waals surface area contributed by atoms with Crippen LogP contribution in [0, 0.1) is 3.70 Å². The maximum absolute atomic E-state index is 12.9. The third-order valence-electron chi connectivity index (χ3n) is 2.34. The van der Waals surface area contributed by atoms with Gasteiger partial charge in [-0.25, -0.2) is 13.8 Å². The summed E-state index contributed by atoms with van der Waals surface area (Å²) < 4.78 is 31.1. The van der Waals surface area contributed by atoms with Crippen LogP contribution in [-0.2, 0) is 22.5 Å². The predicted octanol–water partition coefficient (Wildman–Crippen LogP) is 2.19. The molecular weight excluding hydrogens is 357 g/mol. The molecule has 0 aliphatic rings. The lowest BCUT2D eigenvalue weighted by molar-refractivity contribution is -0.142. The zero-order chi connectivity index (χ0) is 13.7. The lowest BCUT2D eigenvalue weighted by atomic mass is 10.0. The van der Waals surface area contributed by atoms with Gasteiger partial charge in [-0.3, -0.25) is 4.79 Å². The molecule has 1 rings (SSSR count). The van der Waals surface area contributed by atoms with Crippen molar-refractivity contribution in [2.75, 3.05) is 6.61 Å². The first-order chi connectivity index (χ1) is 8.51. The van der Waals surface area contributed by atoms with Gasteiger partial charge >= 0.3 is 5.97 Å². The lowest BCUT2D eigenvalue weighted by Crippen LogP contribution is -2.15. The van der Waals surface area contributed by atoms with Crippen LogP contribution < -0.4 is 5.73 Å². The molecule has 1 aromatic heterocycles. The van der Waals surface area contributed by atoms with Crippen molar-refractivity contribution in [2.45, 2.75) is 26.3 Å². The van der Waals surface area contributed by atoms with Crippen LogP contribution in [0.2, 0.25) is 0 Å². The third kappa shape index (κ3) is 3.58. The number of nitrogens with two attached hydrogens (primary N) is 1. The standard InChI is InChI=1S/C11H13F2IN2O2/c1-2-18-9(17)3-6-7(4-15)11(14)16-5-8(6)10(12)13/h5,10H,2-4,15H2,1H3. The van der Waals surface area contributed by atoms with Gasteiger partial charge in [0.15, 0.2) is 0 Å². The highest BCUT2D eigenvalue weighted by atomic mass is 127. The van der Waals surface area contributed by atoms with Crippen LogP contribution in [0.25, 0.3) is 0 Å². The number of hydrogen-bond acceptors (Lipinski definition) is 4. The van der Waals surface area contributed by atoms with Crippen LogP contribution in [0.4, 0.5) is 8.78 Å². The van der Waals surface area contributed by atoms with Crippen LogP contribution >= 0.6 is 22.6 Å². The SMILES string of the molecule is CCOC(=O)Cc1c(C(F)F)cnc(I)c1CN. The molecule has 1 aromatic rings. The number of carbonyl (C=O) groups is 1. The van der Waals surface area contributed by atoms with E-state index in [0.717, 1.165) is 6.20 Å². The lowest BCUT2D eigenvalue weighted by Gasteiger charge is -2.13. The fourth-order valence-electron chi connectivity index (χ4n) is 1.54. The largest absolute Gasteiger partial charge is 0.466 e. The molecule has 0 amide bonds. The van der Waals surface area contributed by atoms with Crippen molar-refractivity contribution in [3.8, 4) is 0 Å². The normalized spacial score (nSPS) is 10.8. The summed E-state index contributed by atoms with van der Waals surface area (Å²) in [4.78, 5) is 15.3. The Morgan fingerprint density at radius 2 is 2.22 bits per heavy atom. The number of aromatic nitrogens is 1. The summed E-state index contributed by atoms with van der Waals surface area (Å²) in [6.07, 6.45) is -1.82. The first-order valence-corrected chi connectivity index (χ1v) is 6.39. The summed E-state index contributed by atoms with van der Waals surface area (Å²) in [5.41, 5.74) is 5.97. The molecular formula is C11H13F2IN2O2. The summed E-state index contributed by atoms with van der Waals surface area (Å²) in [5.74, 6) is -0.545. The van der Waals surface area contributed by atoms with Crippen molar-refractivity contribution in [1.29, 1.82) is 0 Å². The van der Waals surface area contributed by atoms with Gasteiger partial charge in [0.1, 0.15) is 3.70 Å². The molecule has 0 aliphatic heterocycles. The maximum atomic E-state index is 12.9. The molecule has 0 aliphatic carbocycles. The molecule has 0 radical (unpaired) electrons. The predicted molar refractivity (Wildman–Crippen MR) is 70.1 cm³/mol. The van der Waals surface area contributed by atoms with Gasteiger partial charge in [0.05, 0.1) is 13.0 Å². The molecule has 0 aromatic carbocycles. The van der Waals surface area contributed by atoms with Gasteiger partial charge in [-0.1, -0.05) is 0 Å². The zero-order valence-electron chi connectivity index (χ0n) is 9.75. The Kier molecular flexibility index (Phi) is 5.86. The number of nitrogens with zero attached hydrogens (tertiary/aromatic N) is 1. The molecule has 4 nitrogen and oxygen atoms in total. The third-order valence-corrected chi connectivity index (χ3v) is 3.27. The number of halogens is 3. The van der Waals surface area contributed by atoms with Crippen molar-refractivity contribution >= 4 is 28.6 Å². The molecule has 0 fully saturated rings. The second-order valence-electron chi connectivity index (χ2n) is 3.45. The van der Waals surface area contributed by atoms with Gasteiger partial charge in [0.2, 0.25) is 0 Å². The first kappa shape index (κ1) is 15.2. The Morgan fingerprint density at radius 1 is 1.56 bits per heavy atom. The van der Waals surface area contributed by atoms with E-state index in [0.29, 0.717) is 9.26 Å². The summed E-state index contributed by atoms with van der Waals surface area (Å²) in [6.45, 7) is 1.93. The van der Waals surface area contributed by atoms with Crippen LogP contribution in [0.1, 0.15) is 30.0 Å². The molecule has 2 N–H and O–H groups in total. The molecule has 0 spiro atoms. The van der Waals surface area contributed by atoms with Crippen molar-refractivity contribution in [2.24, 2.45) is 5.73 Å². The number of ether oxygens (including phenoxy) is 1. The van der Waals surface area contributed by atoms with Gasteiger partial charge < -0.3 is 10.5 Å². The molecule has 18 heavy (non-hydrogen) atoms. The van der Waals surface area contributed by atoms with Gasteiger partial charge in [-0.05, 0) is 35.1 Å². The van der Waals surface area contributed by atoms with E-state index in [-0.39, 0.29) is 30.7 Å². The van der Waals surface area contributed by atoms with E-state index in [4.69, 9.17) is 10.5 Å². The maximum Gasteiger partial charge on any atom is 0.310 e. The Balaban J connectivity index is 3.19. The summed E-state index contributed by atoms with van der Waals surface area (Å²) >= 11 is 1.91. The number of hydrogen-bond donors (Lipinski definition) is 1. The highest BCUT2D eigenvalue weighted by molar-refractivity contribution is 14.1. The molecule has 0 unspecified atom stereocenters. The van der Waals surface area contributed by atoms with E-state index in [1.807, 2.05) is 22.6 Å². The molecule has 0 saturated carbocycles. The van der Waals surface area contributed by atoms with Crippen molar-refractivity contribution in [1.82, 2.24) is 4.98 Å². The van der Waals surface area contributed by atoms with Crippen molar-refractivity contribution in [3.05, 3.63) is 26.6 Å². The second kappa shape index (κ2) is 6.93. The number of rotatable bonds is 5. The van der Waals surface area contributed by atoms with Crippen LogP contribution in [0.3, 0.4) is 0 Å². The van der Waals surface area contributed by atoms with E-state index in [2.05, 4.69) is 4.98 Å². The van der Waals surface area contributed by atoms with E-state index in [9.17, 15) is 13.6 Å². The van der Waals surface area contributed by atoms with Gasteiger partial charge in [0, 0.05) is 23.9 Å². The number of pyridine rings is 1. The Labute approximate surface area is 117 Å². The molecule has 7 heteroatoms. The quantitative estimate of drug-likeness (QED) is 0.490. The minimum Gasteiger partial charge on any atom is -0.466 e. The van der Waals surface area contributed by atoms with Gasteiger partial charge in [-0.15, -0.1) is 0 Å². The highest BCUT2D eigenvalue weighted by Gasteiger charge is 2.21. The van der Waals surface area contributed by atoms with Crippen LogP contribution in [0.15, 0.2) is 6.20 Å². The molecule has 0 bridgehead atoms. The summed E-state index contributed by atoms with van der Waals surface area (Å²) in [5, 5.41) is 0. The monoisotopic (exact) mass is 370 g/mol. The van der Waals surface area contributed by atoms with Gasteiger partial charge in [0.25, 0.3) is 6.43 Å². The topological polar surface area (TPSA) is 65.2 Å². The fraction of sp³-hybridized carbons (Fsp3) is 0.455. The van der Waals surface area contributed by atoms with Crippen molar-refractivity contribution in [3.63, 3.8) is 0 Å². The molecule has 1 heterocycles. The van der Waals surface area contributed by atoms with E-state index in [1.54, 1.807) is 6.92 Å². The highest BCUT2D eigenvalue weighted by Crippen LogP contribution is 2.27. The first-order valence-electron chi connectivity index (χ1n) is 5.31. The minimum absolute atomic E-state index is 0.0561. The molecule has 0 saturated heterocycles. The van der Waals surface area contributed by atoms with Crippen LogP contribution in [-0.4, -0.2) is 17.6 Å². The van der Waals surface area contributed by atoms with Crippen LogP contribution in [0.5, 0.6) is 0 Å². The molecule has 100 valence electrons. The zero-order valence-corrected chi connectivity index (χ0v) is 11.9. The smallest absolute Gasteiger partial charge is 0.310 e. The van der Waals surface area contributed by atoms with Gasteiger partial charge in [-0.2, -0.15) is 0 Å². The second-order valence-corrected chi connectivity index (χ2v) is 4.47. The Hall–Kier alpha value is -0.830. The molecule has 0 atom stereocenters. The van der Waals surface area contributed by atoms with E-state index < -0.39 is 12.4 Å². The Bertz CT molecular complexity index is 441. The number of alkyl halides is 2. The average Bonchev–Trinajstić information content (AvgIpc) is 2.29. The summed E-state index contributed by atoms with van der Waals surface area (Å²) in [7, 11) is 0.